The maximum absolute atomic E-state index is 13.7. The Bertz CT molecular complexity index is 464. The van der Waals surface area contributed by atoms with Gasteiger partial charge in [0.05, 0.1) is 0 Å². The number of hydrogen-bond acceptors (Lipinski definition) is 2. The molecule has 1 aromatic carbocycles. The molecule has 0 N–H and O–H groups in total. The van der Waals surface area contributed by atoms with Gasteiger partial charge in [-0.05, 0) is 30.5 Å². The normalized spacial score (nSPS) is 13.2. The lowest BCUT2D eigenvalue weighted by atomic mass is 9.84. The summed E-state index contributed by atoms with van der Waals surface area (Å²) in [6.07, 6.45) is 8.56. The van der Waals surface area contributed by atoms with Crippen molar-refractivity contribution in [2.45, 2.75) is 76.9 Å². The molecule has 4 heteroatoms. The monoisotopic (exact) mass is 342 g/mol. The largest absolute Gasteiger partial charge is 0.353 e. The Morgan fingerprint density at radius 3 is 2.08 bits per heavy atom. The van der Waals surface area contributed by atoms with Crippen LogP contribution < -0.4 is 0 Å². The summed E-state index contributed by atoms with van der Waals surface area (Å²) in [6.45, 7) is 4.19. The molecule has 0 aliphatic carbocycles. The van der Waals surface area contributed by atoms with E-state index in [9.17, 15) is 8.78 Å². The molecule has 24 heavy (non-hydrogen) atoms. The van der Waals surface area contributed by atoms with Crippen LogP contribution in [-0.2, 0) is 9.47 Å². The van der Waals surface area contributed by atoms with Crippen molar-refractivity contribution in [3.63, 3.8) is 0 Å². The van der Waals surface area contributed by atoms with Crippen LogP contribution in [0.15, 0.2) is 18.2 Å². The minimum atomic E-state index is -0.825. The molecule has 2 nitrogen and oxygen atoms in total. The van der Waals surface area contributed by atoms with Crippen molar-refractivity contribution < 1.29 is 18.3 Å². The van der Waals surface area contributed by atoms with Crippen molar-refractivity contribution >= 4 is 0 Å². The number of methoxy groups -OCH3 is 2. The molecular formula is C20H32F2O2. The molecule has 0 fully saturated rings. The Morgan fingerprint density at radius 1 is 0.917 bits per heavy atom. The Hall–Kier alpha value is -1.00. The molecule has 0 saturated heterocycles. The highest BCUT2D eigenvalue weighted by molar-refractivity contribution is 5.24. The molecule has 0 heterocycles. The van der Waals surface area contributed by atoms with Crippen LogP contribution in [0.1, 0.15) is 76.7 Å². The Labute approximate surface area is 145 Å². The number of benzene rings is 1. The lowest BCUT2D eigenvalue weighted by Crippen LogP contribution is -2.40. The zero-order valence-corrected chi connectivity index (χ0v) is 15.5. The first kappa shape index (κ1) is 21.0. The quantitative estimate of drug-likeness (QED) is 0.333. The van der Waals surface area contributed by atoms with E-state index >= 15 is 0 Å². The Morgan fingerprint density at radius 2 is 1.54 bits per heavy atom. The van der Waals surface area contributed by atoms with Gasteiger partial charge in [0.1, 0.15) is 0 Å². The van der Waals surface area contributed by atoms with Gasteiger partial charge < -0.3 is 9.47 Å². The lowest BCUT2D eigenvalue weighted by Gasteiger charge is -2.38. The number of unbranched alkanes of at least 4 members (excludes halogenated alkanes) is 5. The highest BCUT2D eigenvalue weighted by Gasteiger charge is 2.38. The van der Waals surface area contributed by atoms with Gasteiger partial charge in [-0.2, -0.15) is 0 Å². The van der Waals surface area contributed by atoms with E-state index in [-0.39, 0.29) is 5.92 Å². The molecular weight excluding hydrogens is 310 g/mol. The van der Waals surface area contributed by atoms with Crippen LogP contribution in [-0.4, -0.2) is 20.0 Å². The topological polar surface area (TPSA) is 18.5 Å². The molecule has 0 spiro atoms. The Balaban J connectivity index is 2.88. The summed E-state index contributed by atoms with van der Waals surface area (Å²) >= 11 is 0. The van der Waals surface area contributed by atoms with Gasteiger partial charge in [-0.15, -0.1) is 0 Å². The van der Waals surface area contributed by atoms with Crippen LogP contribution in [0, 0.1) is 11.6 Å². The molecule has 1 unspecified atom stereocenters. The van der Waals surface area contributed by atoms with E-state index in [0.29, 0.717) is 6.42 Å². The second-order valence-corrected chi connectivity index (χ2v) is 6.36. The van der Waals surface area contributed by atoms with Crippen molar-refractivity contribution in [2.75, 3.05) is 14.2 Å². The summed E-state index contributed by atoms with van der Waals surface area (Å²) in [7, 11) is 3.22. The van der Waals surface area contributed by atoms with Crippen molar-refractivity contribution in [1.29, 1.82) is 0 Å². The minimum absolute atomic E-state index is 0.126. The van der Waals surface area contributed by atoms with E-state index in [1.165, 1.54) is 37.8 Å². The molecule has 0 amide bonds. The molecule has 0 saturated carbocycles. The average molecular weight is 342 g/mol. The fourth-order valence-electron chi connectivity index (χ4n) is 3.40. The first-order valence-electron chi connectivity index (χ1n) is 9.09. The lowest BCUT2D eigenvalue weighted by molar-refractivity contribution is -0.225. The summed E-state index contributed by atoms with van der Waals surface area (Å²) in [4.78, 5) is 0. The van der Waals surface area contributed by atoms with Gasteiger partial charge in [-0.3, -0.25) is 0 Å². The molecule has 0 radical (unpaired) electrons. The predicted molar refractivity (Wildman–Crippen MR) is 94.1 cm³/mol. The van der Waals surface area contributed by atoms with E-state index in [2.05, 4.69) is 6.92 Å². The van der Waals surface area contributed by atoms with E-state index in [4.69, 9.17) is 9.47 Å². The van der Waals surface area contributed by atoms with Crippen molar-refractivity contribution in [1.82, 2.24) is 0 Å². The molecule has 0 aromatic heterocycles. The second-order valence-electron chi connectivity index (χ2n) is 6.36. The second kappa shape index (κ2) is 10.8. The van der Waals surface area contributed by atoms with Crippen LogP contribution in [0.4, 0.5) is 8.78 Å². The molecule has 138 valence electrons. The smallest absolute Gasteiger partial charge is 0.174 e. The molecule has 1 atom stereocenters. The first-order chi connectivity index (χ1) is 11.5. The van der Waals surface area contributed by atoms with Gasteiger partial charge in [0, 0.05) is 20.1 Å². The van der Waals surface area contributed by atoms with Crippen LogP contribution in [0.5, 0.6) is 0 Å². The number of halogens is 2. The van der Waals surface area contributed by atoms with Gasteiger partial charge in [-0.1, -0.05) is 58.4 Å². The predicted octanol–water partition coefficient (Wildman–Crippen LogP) is 6.20. The zero-order chi connectivity index (χ0) is 18.0. The van der Waals surface area contributed by atoms with Crippen LogP contribution in [0.25, 0.3) is 0 Å². The summed E-state index contributed by atoms with van der Waals surface area (Å²) in [6, 6.07) is 4.10. The van der Waals surface area contributed by atoms with Gasteiger partial charge in [0.25, 0.3) is 0 Å². The van der Waals surface area contributed by atoms with E-state index in [1.54, 1.807) is 20.3 Å². The van der Waals surface area contributed by atoms with Crippen LogP contribution >= 0.6 is 0 Å². The molecule has 0 aliphatic rings. The molecule has 1 aromatic rings. The van der Waals surface area contributed by atoms with E-state index in [0.717, 1.165) is 24.8 Å². The Kier molecular flexibility index (Phi) is 9.45. The third-order valence-corrected chi connectivity index (χ3v) is 4.91. The summed E-state index contributed by atoms with van der Waals surface area (Å²) < 4.78 is 38.4. The number of hydrogen-bond donors (Lipinski definition) is 0. The SMILES string of the molecule is CCCCCCCCC(c1ccc(F)c(F)c1)C(CC)(OC)OC. The summed E-state index contributed by atoms with van der Waals surface area (Å²) in [5, 5.41) is 0. The number of ether oxygens (including phenoxy) is 2. The number of rotatable bonds is 12. The van der Waals surface area contributed by atoms with Gasteiger partial charge in [0.15, 0.2) is 17.4 Å². The maximum Gasteiger partial charge on any atom is 0.174 e. The summed E-state index contributed by atoms with van der Waals surface area (Å²) in [5.74, 6) is -2.58. The highest BCUT2D eigenvalue weighted by atomic mass is 19.2. The van der Waals surface area contributed by atoms with Crippen molar-refractivity contribution in [3.8, 4) is 0 Å². The maximum atomic E-state index is 13.7. The first-order valence-corrected chi connectivity index (χ1v) is 9.09. The van der Waals surface area contributed by atoms with Crippen LogP contribution in [0.2, 0.25) is 0 Å². The van der Waals surface area contributed by atoms with Crippen molar-refractivity contribution in [2.24, 2.45) is 0 Å². The fraction of sp³-hybridized carbons (Fsp3) is 0.700. The van der Waals surface area contributed by atoms with Crippen molar-refractivity contribution in [3.05, 3.63) is 35.4 Å². The third-order valence-electron chi connectivity index (χ3n) is 4.91. The van der Waals surface area contributed by atoms with Crippen LogP contribution in [0.3, 0.4) is 0 Å². The van der Waals surface area contributed by atoms with Gasteiger partial charge >= 0.3 is 0 Å². The fourth-order valence-corrected chi connectivity index (χ4v) is 3.40. The minimum Gasteiger partial charge on any atom is -0.353 e. The van der Waals surface area contributed by atoms with Gasteiger partial charge in [0.2, 0.25) is 0 Å². The molecule has 1 rings (SSSR count). The third kappa shape index (κ3) is 5.52. The zero-order valence-electron chi connectivity index (χ0n) is 15.5. The van der Waals surface area contributed by atoms with Gasteiger partial charge in [-0.25, -0.2) is 8.78 Å². The average Bonchev–Trinajstić information content (AvgIpc) is 2.60. The molecule has 0 bridgehead atoms. The molecule has 0 aliphatic heterocycles. The standard InChI is InChI=1S/C20H32F2O2/c1-5-7-8-9-10-11-12-17(20(6-2,23-3)24-4)16-13-14-18(21)19(22)15-16/h13-15,17H,5-12H2,1-4H3. The highest BCUT2D eigenvalue weighted by Crippen LogP contribution is 2.39. The van der Waals surface area contributed by atoms with E-state index < -0.39 is 17.4 Å². The van der Waals surface area contributed by atoms with E-state index in [1.807, 2.05) is 6.92 Å². The summed E-state index contributed by atoms with van der Waals surface area (Å²) in [5.41, 5.74) is 0.730.